The number of nitrogens with one attached hydrogen (secondary N) is 3. The Kier molecular flexibility index (Phi) is 12.5. The van der Waals surface area contributed by atoms with Gasteiger partial charge in [-0.2, -0.15) is 0 Å². The molecular formula is C22H29F2IN4O2. The lowest BCUT2D eigenvalue weighted by Crippen LogP contribution is -2.42. The van der Waals surface area contributed by atoms with Crippen molar-refractivity contribution in [2.45, 2.75) is 26.4 Å². The van der Waals surface area contributed by atoms with Crippen LogP contribution in [0, 0.1) is 11.6 Å². The van der Waals surface area contributed by atoms with Crippen molar-refractivity contribution in [3.8, 4) is 5.75 Å². The second kappa shape index (κ2) is 14.6. The number of guanidine groups is 1. The van der Waals surface area contributed by atoms with Crippen LogP contribution in [0.15, 0.2) is 53.5 Å². The maximum Gasteiger partial charge on any atom is 0.224 e. The van der Waals surface area contributed by atoms with E-state index in [0.717, 1.165) is 0 Å². The normalized spacial score (nSPS) is 11.8. The molecule has 6 nitrogen and oxygen atoms in total. The van der Waals surface area contributed by atoms with Crippen LogP contribution in [-0.2, 0) is 11.2 Å². The first-order valence-corrected chi connectivity index (χ1v) is 9.92. The fraction of sp³-hybridized carbons (Fsp3) is 0.364. The fourth-order valence-corrected chi connectivity index (χ4v) is 2.63. The number of aliphatic imine (C=N–C) groups is 1. The van der Waals surface area contributed by atoms with Gasteiger partial charge in [-0.1, -0.05) is 24.3 Å². The molecule has 0 aliphatic heterocycles. The maximum atomic E-state index is 13.7. The maximum absolute atomic E-state index is 13.7. The zero-order chi connectivity index (χ0) is 21.8. The average molecular weight is 546 g/mol. The van der Waals surface area contributed by atoms with Gasteiger partial charge >= 0.3 is 0 Å². The minimum atomic E-state index is -0.410. The molecular weight excluding hydrogens is 517 g/mol. The third-order valence-electron chi connectivity index (χ3n) is 4.01. The summed E-state index contributed by atoms with van der Waals surface area (Å²) in [4.78, 5) is 16.4. The summed E-state index contributed by atoms with van der Waals surface area (Å²) in [5.74, 6) is -0.190. The summed E-state index contributed by atoms with van der Waals surface area (Å²) in [6, 6.07) is 12.2. The number of benzene rings is 2. The van der Waals surface area contributed by atoms with Crippen molar-refractivity contribution in [3.05, 3.63) is 65.7 Å². The molecule has 0 bridgehead atoms. The molecule has 0 saturated carbocycles. The highest BCUT2D eigenvalue weighted by Gasteiger charge is 2.08. The Morgan fingerprint density at radius 2 is 1.81 bits per heavy atom. The fourth-order valence-electron chi connectivity index (χ4n) is 2.63. The number of para-hydroxylation sites is 1. The minimum Gasteiger partial charge on any atom is -0.486 e. The molecule has 0 radical (unpaired) electrons. The van der Waals surface area contributed by atoms with Crippen LogP contribution < -0.4 is 20.7 Å². The quantitative estimate of drug-likeness (QED) is 0.185. The van der Waals surface area contributed by atoms with Gasteiger partial charge in [0, 0.05) is 19.6 Å². The molecule has 2 rings (SSSR count). The third-order valence-corrected chi connectivity index (χ3v) is 4.01. The first-order valence-electron chi connectivity index (χ1n) is 9.92. The number of rotatable bonds is 10. The third kappa shape index (κ3) is 10.4. The molecule has 170 valence electrons. The van der Waals surface area contributed by atoms with Crippen LogP contribution >= 0.6 is 24.0 Å². The van der Waals surface area contributed by atoms with Gasteiger partial charge in [0.1, 0.15) is 11.9 Å². The molecule has 2 aromatic carbocycles. The van der Waals surface area contributed by atoms with Crippen molar-refractivity contribution >= 4 is 35.8 Å². The predicted molar refractivity (Wildman–Crippen MR) is 129 cm³/mol. The van der Waals surface area contributed by atoms with Crippen LogP contribution in [0.3, 0.4) is 0 Å². The van der Waals surface area contributed by atoms with Gasteiger partial charge in [0.05, 0.1) is 13.0 Å². The van der Waals surface area contributed by atoms with E-state index >= 15 is 0 Å². The van der Waals surface area contributed by atoms with Crippen molar-refractivity contribution in [1.29, 1.82) is 0 Å². The number of amides is 1. The number of hydrogen-bond donors (Lipinski definition) is 3. The van der Waals surface area contributed by atoms with Crippen LogP contribution in [0.25, 0.3) is 0 Å². The minimum absolute atomic E-state index is 0. The molecule has 0 aromatic heterocycles. The molecule has 0 saturated heterocycles. The highest BCUT2D eigenvalue weighted by molar-refractivity contribution is 14.0. The van der Waals surface area contributed by atoms with Gasteiger partial charge in [0.2, 0.25) is 5.91 Å². The van der Waals surface area contributed by atoms with E-state index in [2.05, 4.69) is 20.9 Å². The molecule has 2 aromatic rings. The Morgan fingerprint density at radius 3 is 2.52 bits per heavy atom. The van der Waals surface area contributed by atoms with Crippen molar-refractivity contribution in [3.63, 3.8) is 0 Å². The Labute approximate surface area is 198 Å². The lowest BCUT2D eigenvalue weighted by Gasteiger charge is -2.15. The van der Waals surface area contributed by atoms with E-state index in [1.54, 1.807) is 30.3 Å². The van der Waals surface area contributed by atoms with Gasteiger partial charge in [0.15, 0.2) is 17.5 Å². The van der Waals surface area contributed by atoms with E-state index in [1.807, 2.05) is 13.8 Å². The highest BCUT2D eigenvalue weighted by Crippen LogP contribution is 2.16. The largest absolute Gasteiger partial charge is 0.486 e. The van der Waals surface area contributed by atoms with Gasteiger partial charge in [0.25, 0.3) is 0 Å². The predicted octanol–water partition coefficient (Wildman–Crippen LogP) is 3.26. The number of ether oxygens (including phenoxy) is 1. The van der Waals surface area contributed by atoms with E-state index in [1.165, 1.54) is 18.2 Å². The number of carbonyl (C=O) groups excluding carboxylic acids is 1. The number of hydrogen-bond acceptors (Lipinski definition) is 3. The molecule has 1 unspecified atom stereocenters. The van der Waals surface area contributed by atoms with Crippen molar-refractivity contribution < 1.29 is 18.3 Å². The molecule has 0 fully saturated rings. The topological polar surface area (TPSA) is 74.8 Å². The second-order valence-electron chi connectivity index (χ2n) is 6.66. The second-order valence-corrected chi connectivity index (χ2v) is 6.66. The summed E-state index contributed by atoms with van der Waals surface area (Å²) >= 11 is 0. The molecule has 0 spiro atoms. The summed E-state index contributed by atoms with van der Waals surface area (Å²) in [7, 11) is 0. The zero-order valence-electron chi connectivity index (χ0n) is 17.7. The van der Waals surface area contributed by atoms with E-state index < -0.39 is 5.82 Å². The first kappa shape index (κ1) is 26.6. The van der Waals surface area contributed by atoms with E-state index in [-0.39, 0.29) is 54.0 Å². The Balaban J connectivity index is 0.00000480. The summed E-state index contributed by atoms with van der Waals surface area (Å²) in [5, 5.41) is 9.00. The standard InChI is InChI=1S/C22H28F2N4O2.HI/c1-3-25-22(28-15-16(2)30-20-10-5-4-9-19(20)24)27-12-11-26-21(29)14-17-7-6-8-18(23)13-17;/h4-10,13,16H,3,11-12,14-15H2,1-2H3,(H,26,29)(H2,25,27,28);1H. The summed E-state index contributed by atoms with van der Waals surface area (Å²) in [6.45, 7) is 5.60. The average Bonchev–Trinajstić information content (AvgIpc) is 2.71. The molecule has 9 heteroatoms. The van der Waals surface area contributed by atoms with Crippen LogP contribution in [0.1, 0.15) is 19.4 Å². The van der Waals surface area contributed by atoms with Crippen LogP contribution in [0.5, 0.6) is 5.75 Å². The van der Waals surface area contributed by atoms with Crippen molar-refractivity contribution in [2.75, 3.05) is 26.2 Å². The van der Waals surface area contributed by atoms with Crippen LogP contribution in [0.2, 0.25) is 0 Å². The Bertz CT molecular complexity index is 852. The molecule has 3 N–H and O–H groups in total. The molecule has 0 heterocycles. The molecule has 31 heavy (non-hydrogen) atoms. The summed E-state index contributed by atoms with van der Waals surface area (Å²) < 4.78 is 32.4. The molecule has 0 aliphatic rings. The van der Waals surface area contributed by atoms with Crippen LogP contribution in [0.4, 0.5) is 8.78 Å². The molecule has 1 atom stereocenters. The number of halogens is 3. The smallest absolute Gasteiger partial charge is 0.224 e. The van der Waals surface area contributed by atoms with Crippen molar-refractivity contribution in [2.24, 2.45) is 4.99 Å². The van der Waals surface area contributed by atoms with Gasteiger partial charge in [-0.3, -0.25) is 4.79 Å². The van der Waals surface area contributed by atoms with E-state index in [9.17, 15) is 13.6 Å². The van der Waals surface area contributed by atoms with Crippen LogP contribution in [-0.4, -0.2) is 44.1 Å². The molecule has 1 amide bonds. The molecule has 0 aliphatic carbocycles. The monoisotopic (exact) mass is 546 g/mol. The van der Waals surface area contributed by atoms with E-state index in [0.29, 0.717) is 37.7 Å². The SMILES string of the molecule is CCNC(=NCC(C)Oc1ccccc1F)NCCNC(=O)Cc1cccc(F)c1.I. The Morgan fingerprint density at radius 1 is 1.06 bits per heavy atom. The summed E-state index contributed by atoms with van der Waals surface area (Å²) in [6.07, 6.45) is -0.195. The van der Waals surface area contributed by atoms with Gasteiger partial charge in [-0.15, -0.1) is 24.0 Å². The van der Waals surface area contributed by atoms with Gasteiger partial charge < -0.3 is 20.7 Å². The number of nitrogens with zero attached hydrogens (tertiary/aromatic N) is 1. The first-order chi connectivity index (χ1) is 14.5. The summed E-state index contributed by atoms with van der Waals surface area (Å²) in [5.41, 5.74) is 0.624. The lowest BCUT2D eigenvalue weighted by atomic mass is 10.1. The van der Waals surface area contributed by atoms with E-state index in [4.69, 9.17) is 4.74 Å². The van der Waals surface area contributed by atoms with Gasteiger partial charge in [-0.25, -0.2) is 13.8 Å². The number of carbonyl (C=O) groups is 1. The van der Waals surface area contributed by atoms with Crippen molar-refractivity contribution in [1.82, 2.24) is 16.0 Å². The zero-order valence-corrected chi connectivity index (χ0v) is 20.0. The Hall–Kier alpha value is -2.43. The van der Waals surface area contributed by atoms with Gasteiger partial charge in [-0.05, 0) is 43.7 Å². The lowest BCUT2D eigenvalue weighted by molar-refractivity contribution is -0.120. The highest BCUT2D eigenvalue weighted by atomic mass is 127.